The number of allylic oxidation sites excluding steroid dienone is 7. The first-order valence-electron chi connectivity index (χ1n) is 23.8. The predicted molar refractivity (Wildman–Crippen MR) is 273 cm³/mol. The molecule has 316 valence electrons. The summed E-state index contributed by atoms with van der Waals surface area (Å²) >= 11 is 0. The summed E-state index contributed by atoms with van der Waals surface area (Å²) in [6, 6.07) is 77.8. The van der Waals surface area contributed by atoms with Gasteiger partial charge in [-0.15, -0.1) is 0 Å². The van der Waals surface area contributed by atoms with Gasteiger partial charge >= 0.3 is 0 Å². The van der Waals surface area contributed by atoms with Gasteiger partial charge < -0.3 is 4.90 Å². The van der Waals surface area contributed by atoms with Crippen LogP contribution in [0, 0.1) is 5.92 Å². The molecule has 4 unspecified atom stereocenters. The number of rotatable bonds is 7. The van der Waals surface area contributed by atoms with Crippen LogP contribution in [-0.2, 0) is 16.2 Å². The van der Waals surface area contributed by atoms with Crippen LogP contribution in [0.1, 0.15) is 88.2 Å². The lowest BCUT2D eigenvalue weighted by molar-refractivity contribution is 0.428. The summed E-state index contributed by atoms with van der Waals surface area (Å²) in [4.78, 5) is 2.46. The molecule has 0 aromatic heterocycles. The van der Waals surface area contributed by atoms with Crippen LogP contribution in [0.15, 0.2) is 248 Å². The van der Waals surface area contributed by atoms with Crippen LogP contribution in [0.5, 0.6) is 0 Å². The van der Waals surface area contributed by atoms with Crippen LogP contribution in [0.2, 0.25) is 0 Å². The Labute approximate surface area is 389 Å². The molecule has 0 saturated heterocycles. The Morgan fingerprint density at radius 2 is 1.09 bits per heavy atom. The number of benzene rings is 8. The molecule has 5 aliphatic rings. The zero-order valence-electron chi connectivity index (χ0n) is 37.5. The molecular weight excluding hydrogens is 795 g/mol. The van der Waals surface area contributed by atoms with Crippen molar-refractivity contribution in [2.45, 2.75) is 48.9 Å². The SMILES string of the molecule is CC1(C)C2=CC(N(c3ccccc3)c3ccc(C4=CC=CC(C5(c6ccccc6)c6ccccc6C6(c7ccccc7)c7ccccc7-c7cccc5c76)C4)cc3)=CCC2c2ccccc21. The van der Waals surface area contributed by atoms with Crippen molar-refractivity contribution in [3.63, 3.8) is 0 Å². The van der Waals surface area contributed by atoms with Gasteiger partial charge in [-0.1, -0.05) is 226 Å². The molecule has 8 aromatic rings. The molecule has 0 saturated carbocycles. The van der Waals surface area contributed by atoms with Crippen LogP contribution in [0.4, 0.5) is 11.4 Å². The molecule has 4 atom stereocenters. The highest BCUT2D eigenvalue weighted by Crippen LogP contribution is 2.67. The van der Waals surface area contributed by atoms with Crippen LogP contribution in [-0.4, -0.2) is 0 Å². The minimum Gasteiger partial charge on any atom is -0.311 e. The van der Waals surface area contributed by atoms with E-state index in [2.05, 4.69) is 255 Å². The second-order valence-electron chi connectivity index (χ2n) is 19.4. The van der Waals surface area contributed by atoms with Gasteiger partial charge in [-0.05, 0) is 121 Å². The van der Waals surface area contributed by atoms with Gasteiger partial charge in [0.2, 0.25) is 0 Å². The second-order valence-corrected chi connectivity index (χ2v) is 19.4. The molecule has 8 aromatic carbocycles. The van der Waals surface area contributed by atoms with Gasteiger partial charge in [0, 0.05) is 28.4 Å². The largest absolute Gasteiger partial charge is 0.311 e. The van der Waals surface area contributed by atoms with Crippen LogP contribution in [0.3, 0.4) is 0 Å². The quantitative estimate of drug-likeness (QED) is 0.154. The first kappa shape index (κ1) is 38.9. The van der Waals surface area contributed by atoms with Crippen molar-refractivity contribution in [2.75, 3.05) is 4.90 Å². The standard InChI is InChI=1S/C65H51N/c1-63(2)56-31-14-12-28-52(56)54-41-40-51(43-61(54)63)66(49-26-10-5-11-27-49)50-38-36-44(37-39-50)45-20-18-25-48(42-45)64(46-21-6-3-7-22-46)58-33-16-17-34-59(58)65(47-23-8-4-9-24-47)57-32-15-13-29-53(57)55-30-19-35-60(64)62(55)65/h3-40,43,48,54H,41-42H2,1-2H3. The molecule has 1 nitrogen and oxygen atoms in total. The summed E-state index contributed by atoms with van der Waals surface area (Å²) in [7, 11) is 0. The Kier molecular flexibility index (Phi) is 8.72. The van der Waals surface area contributed by atoms with E-state index in [1.165, 1.54) is 95.0 Å². The van der Waals surface area contributed by atoms with Crippen molar-refractivity contribution < 1.29 is 0 Å². The van der Waals surface area contributed by atoms with E-state index in [1.54, 1.807) is 0 Å². The monoisotopic (exact) mass is 845 g/mol. The minimum atomic E-state index is -0.462. The fraction of sp³-hybridized carbons (Fsp3) is 0.138. The smallest absolute Gasteiger partial charge is 0.0719 e. The molecule has 13 rings (SSSR count). The summed E-state index contributed by atoms with van der Waals surface area (Å²) in [6.07, 6.45) is 14.1. The Morgan fingerprint density at radius 1 is 0.500 bits per heavy atom. The van der Waals surface area contributed by atoms with E-state index >= 15 is 0 Å². The lowest BCUT2D eigenvalue weighted by Crippen LogP contribution is -2.47. The van der Waals surface area contributed by atoms with E-state index in [0.29, 0.717) is 5.92 Å². The summed E-state index contributed by atoms with van der Waals surface area (Å²) < 4.78 is 0. The number of nitrogens with zero attached hydrogens (tertiary/aromatic N) is 1. The number of para-hydroxylation sites is 1. The third kappa shape index (κ3) is 5.35. The molecule has 0 N–H and O–H groups in total. The topological polar surface area (TPSA) is 3.24 Å². The molecule has 0 radical (unpaired) electrons. The molecular formula is C65H51N. The molecule has 0 heterocycles. The molecule has 5 aliphatic carbocycles. The molecule has 0 aliphatic heterocycles. The minimum absolute atomic E-state index is 0.0205. The highest BCUT2D eigenvalue weighted by atomic mass is 15.1. The fourth-order valence-electron chi connectivity index (χ4n) is 13.4. The van der Waals surface area contributed by atoms with Gasteiger partial charge in [-0.3, -0.25) is 0 Å². The number of hydrogen-bond donors (Lipinski definition) is 0. The third-order valence-corrected chi connectivity index (χ3v) is 16.1. The zero-order chi connectivity index (χ0) is 44.0. The van der Waals surface area contributed by atoms with E-state index in [9.17, 15) is 0 Å². The lowest BCUT2D eigenvalue weighted by Gasteiger charge is -2.52. The first-order chi connectivity index (χ1) is 32.5. The highest BCUT2D eigenvalue weighted by Gasteiger charge is 2.59. The van der Waals surface area contributed by atoms with Gasteiger partial charge in [-0.25, -0.2) is 0 Å². The van der Waals surface area contributed by atoms with Gasteiger partial charge in [0.05, 0.1) is 10.8 Å². The van der Waals surface area contributed by atoms with Crippen molar-refractivity contribution in [1.82, 2.24) is 0 Å². The van der Waals surface area contributed by atoms with Crippen LogP contribution in [0.25, 0.3) is 16.7 Å². The molecule has 0 fully saturated rings. The van der Waals surface area contributed by atoms with E-state index in [4.69, 9.17) is 0 Å². The maximum absolute atomic E-state index is 2.51. The second kappa shape index (κ2) is 14.8. The van der Waals surface area contributed by atoms with Gasteiger partial charge in [0.25, 0.3) is 0 Å². The van der Waals surface area contributed by atoms with Gasteiger partial charge in [0.15, 0.2) is 0 Å². The Balaban J connectivity index is 0.926. The molecule has 0 spiro atoms. The van der Waals surface area contributed by atoms with E-state index in [1.807, 2.05) is 0 Å². The van der Waals surface area contributed by atoms with Crippen LogP contribution < -0.4 is 4.90 Å². The maximum atomic E-state index is 2.51. The summed E-state index contributed by atoms with van der Waals surface area (Å²) in [5.41, 5.74) is 22.0. The average molecular weight is 846 g/mol. The number of hydrogen-bond acceptors (Lipinski definition) is 1. The molecule has 0 amide bonds. The van der Waals surface area contributed by atoms with Crippen molar-refractivity contribution in [1.29, 1.82) is 0 Å². The van der Waals surface area contributed by atoms with Gasteiger partial charge in [-0.2, -0.15) is 0 Å². The first-order valence-corrected chi connectivity index (χ1v) is 23.8. The van der Waals surface area contributed by atoms with Crippen molar-refractivity contribution in [2.24, 2.45) is 5.92 Å². The Bertz CT molecular complexity index is 3330. The summed E-state index contributed by atoms with van der Waals surface area (Å²) in [5, 5.41) is 0. The van der Waals surface area contributed by atoms with Crippen molar-refractivity contribution in [3.05, 3.63) is 304 Å². The average Bonchev–Trinajstić information content (AvgIpc) is 3.82. The van der Waals surface area contributed by atoms with E-state index in [0.717, 1.165) is 12.8 Å². The Hall–Kier alpha value is -7.48. The molecule has 66 heavy (non-hydrogen) atoms. The Morgan fingerprint density at radius 3 is 1.85 bits per heavy atom. The van der Waals surface area contributed by atoms with Crippen molar-refractivity contribution in [3.8, 4) is 11.1 Å². The van der Waals surface area contributed by atoms with Crippen LogP contribution >= 0.6 is 0 Å². The number of fused-ring (bicyclic) bond motifs is 8. The van der Waals surface area contributed by atoms with Crippen molar-refractivity contribution >= 4 is 16.9 Å². The maximum Gasteiger partial charge on any atom is 0.0719 e. The molecule has 1 heteroatoms. The predicted octanol–water partition coefficient (Wildman–Crippen LogP) is 15.8. The lowest BCUT2D eigenvalue weighted by atomic mass is 9.49. The highest BCUT2D eigenvalue weighted by molar-refractivity contribution is 5.91. The normalized spacial score (nSPS) is 22.4. The third-order valence-electron chi connectivity index (χ3n) is 16.1. The van der Waals surface area contributed by atoms with E-state index in [-0.39, 0.29) is 11.3 Å². The summed E-state index contributed by atoms with van der Waals surface area (Å²) in [6.45, 7) is 4.80. The number of anilines is 2. The fourth-order valence-corrected chi connectivity index (χ4v) is 13.4. The van der Waals surface area contributed by atoms with E-state index < -0.39 is 10.8 Å². The zero-order valence-corrected chi connectivity index (χ0v) is 37.5. The van der Waals surface area contributed by atoms with Gasteiger partial charge in [0.1, 0.15) is 0 Å². The molecule has 0 bridgehead atoms. The summed E-state index contributed by atoms with van der Waals surface area (Å²) in [5.74, 6) is 0.563.